The number of nitrogens with two attached hydrogens (primary N) is 2. The number of carbonyl (C=O) groups excluding carboxylic acids is 1. The van der Waals surface area contributed by atoms with Gasteiger partial charge in [-0.05, 0) is 86.7 Å². The van der Waals surface area contributed by atoms with E-state index in [1.54, 1.807) is 48.5 Å². The van der Waals surface area contributed by atoms with Crippen LogP contribution in [0.25, 0.3) is 0 Å². The molecule has 7 nitrogen and oxygen atoms in total. The Kier molecular flexibility index (Phi) is 7.47. The van der Waals surface area contributed by atoms with Crippen molar-refractivity contribution in [1.82, 2.24) is 0 Å². The average Bonchev–Trinajstić information content (AvgIpc) is 3.53. The fraction of sp³-hybridized carbons (Fsp3) is 0.409. The molecule has 2 aromatic carbocycles. The number of unbranched alkanes of at least 4 members (excludes halogenated alkanes) is 1. The summed E-state index contributed by atoms with van der Waals surface area (Å²) in [5.74, 6) is 1.47. The van der Waals surface area contributed by atoms with Crippen molar-refractivity contribution in [1.29, 1.82) is 0 Å². The molecule has 8 heteroatoms. The van der Waals surface area contributed by atoms with Crippen LogP contribution in [0.15, 0.2) is 53.4 Å². The fourth-order valence-corrected chi connectivity index (χ4v) is 4.63. The van der Waals surface area contributed by atoms with Crippen molar-refractivity contribution in [3.05, 3.63) is 48.5 Å². The van der Waals surface area contributed by atoms with Crippen molar-refractivity contribution in [3.8, 4) is 17.2 Å². The van der Waals surface area contributed by atoms with Crippen molar-refractivity contribution >= 4 is 15.8 Å². The zero-order valence-corrected chi connectivity index (χ0v) is 17.6. The highest BCUT2D eigenvalue weighted by Gasteiger charge is 2.29. The van der Waals surface area contributed by atoms with Crippen LogP contribution < -0.4 is 20.9 Å². The molecule has 1 saturated carbocycles. The lowest BCUT2D eigenvalue weighted by molar-refractivity contribution is -0.136. The first-order valence-corrected chi connectivity index (χ1v) is 11.8. The maximum absolute atomic E-state index is 12.3. The maximum Gasteiger partial charge on any atom is 0.328 e. The molecular weight excluding hydrogens is 404 g/mol. The summed E-state index contributed by atoms with van der Waals surface area (Å²) in [5.41, 5.74) is 11.3. The molecule has 1 atom stereocenters. The highest BCUT2D eigenvalue weighted by atomic mass is 32.2. The van der Waals surface area contributed by atoms with Crippen LogP contribution in [0.3, 0.4) is 0 Å². The number of ether oxygens (including phenoxy) is 2. The second kappa shape index (κ2) is 10.1. The minimum Gasteiger partial charge on any atom is -0.457 e. The normalized spacial score (nSPS) is 14.9. The SMILES string of the molecule is NCCCCC(N)C(=O)Oc1ccc(Oc2ccc(S(=O)(=O)CC3CC3)cc2)cc1. The molecule has 30 heavy (non-hydrogen) atoms. The third kappa shape index (κ3) is 6.55. The molecule has 0 heterocycles. The van der Waals surface area contributed by atoms with Crippen molar-refractivity contribution in [3.63, 3.8) is 0 Å². The van der Waals surface area contributed by atoms with Crippen molar-refractivity contribution in [2.75, 3.05) is 12.3 Å². The Morgan fingerprint density at radius 2 is 1.53 bits per heavy atom. The van der Waals surface area contributed by atoms with E-state index in [1.165, 1.54) is 0 Å². The topological polar surface area (TPSA) is 122 Å². The van der Waals surface area contributed by atoms with E-state index in [-0.39, 0.29) is 5.75 Å². The van der Waals surface area contributed by atoms with Gasteiger partial charge in [0.2, 0.25) is 0 Å². The standard InChI is InChI=1S/C22H28N2O5S/c23-14-2-1-3-21(24)22(25)29-19-8-6-17(7-9-19)28-18-10-12-20(13-11-18)30(26,27)15-16-4-5-16/h6-13,16,21H,1-5,14-15,23-24H2. The molecule has 0 bridgehead atoms. The molecule has 0 aliphatic heterocycles. The lowest BCUT2D eigenvalue weighted by Gasteiger charge is -2.12. The minimum atomic E-state index is -3.24. The van der Waals surface area contributed by atoms with Gasteiger partial charge in [-0.1, -0.05) is 6.42 Å². The molecular formula is C22H28N2O5S. The van der Waals surface area contributed by atoms with E-state index in [0.717, 1.165) is 25.7 Å². The molecule has 4 N–H and O–H groups in total. The van der Waals surface area contributed by atoms with Gasteiger partial charge in [0.15, 0.2) is 9.84 Å². The first kappa shape index (κ1) is 22.3. The van der Waals surface area contributed by atoms with Gasteiger partial charge >= 0.3 is 5.97 Å². The fourth-order valence-electron chi connectivity index (χ4n) is 2.94. The molecule has 0 aromatic heterocycles. The summed E-state index contributed by atoms with van der Waals surface area (Å²) in [6.45, 7) is 0.572. The van der Waals surface area contributed by atoms with E-state index in [4.69, 9.17) is 20.9 Å². The quantitative estimate of drug-likeness (QED) is 0.318. The molecule has 2 aromatic rings. The van der Waals surface area contributed by atoms with E-state index in [9.17, 15) is 13.2 Å². The minimum absolute atomic E-state index is 0.212. The molecule has 1 fully saturated rings. The lowest BCUT2D eigenvalue weighted by atomic mass is 10.1. The zero-order valence-electron chi connectivity index (χ0n) is 16.8. The first-order chi connectivity index (χ1) is 14.4. The second-order valence-electron chi connectivity index (χ2n) is 7.58. The summed E-state index contributed by atoms with van der Waals surface area (Å²) in [6.07, 6.45) is 4.11. The molecule has 1 aliphatic carbocycles. The van der Waals surface area contributed by atoms with E-state index in [0.29, 0.717) is 41.0 Å². The average molecular weight is 433 g/mol. The van der Waals surface area contributed by atoms with Gasteiger partial charge in [0.25, 0.3) is 0 Å². The highest BCUT2D eigenvalue weighted by Crippen LogP contribution is 2.33. The van der Waals surface area contributed by atoms with Crippen LogP contribution >= 0.6 is 0 Å². The summed E-state index contributed by atoms with van der Waals surface area (Å²) in [6, 6.07) is 12.3. The maximum atomic E-state index is 12.3. The molecule has 0 radical (unpaired) electrons. The Morgan fingerprint density at radius 3 is 2.10 bits per heavy atom. The van der Waals surface area contributed by atoms with Gasteiger partial charge in [-0.25, -0.2) is 13.2 Å². The summed E-state index contributed by atoms with van der Waals surface area (Å²) in [7, 11) is -3.24. The van der Waals surface area contributed by atoms with Gasteiger partial charge in [0, 0.05) is 0 Å². The third-order valence-corrected chi connectivity index (χ3v) is 6.79. The predicted octanol–water partition coefficient (Wildman–Crippen LogP) is 3.02. The van der Waals surface area contributed by atoms with E-state index in [2.05, 4.69) is 0 Å². The summed E-state index contributed by atoms with van der Waals surface area (Å²) in [4.78, 5) is 12.3. The van der Waals surface area contributed by atoms with Gasteiger partial charge in [0.1, 0.15) is 23.3 Å². The first-order valence-electron chi connectivity index (χ1n) is 10.2. The van der Waals surface area contributed by atoms with Crippen LogP contribution in [0, 0.1) is 5.92 Å². The van der Waals surface area contributed by atoms with Crippen molar-refractivity contribution in [2.45, 2.75) is 43.0 Å². The highest BCUT2D eigenvalue weighted by molar-refractivity contribution is 7.91. The number of hydrogen-bond donors (Lipinski definition) is 2. The molecule has 3 rings (SSSR count). The molecule has 0 spiro atoms. The van der Waals surface area contributed by atoms with Crippen LogP contribution in [-0.2, 0) is 14.6 Å². The number of sulfone groups is 1. The van der Waals surface area contributed by atoms with E-state index >= 15 is 0 Å². The van der Waals surface area contributed by atoms with Gasteiger partial charge in [0.05, 0.1) is 10.6 Å². The third-order valence-electron chi connectivity index (χ3n) is 4.88. The van der Waals surface area contributed by atoms with E-state index in [1.807, 2.05) is 0 Å². The van der Waals surface area contributed by atoms with E-state index < -0.39 is 21.8 Å². The number of esters is 1. The number of hydrogen-bond acceptors (Lipinski definition) is 7. The molecule has 0 saturated heterocycles. The number of carbonyl (C=O) groups is 1. The molecule has 1 unspecified atom stereocenters. The second-order valence-corrected chi connectivity index (χ2v) is 9.62. The number of rotatable bonds is 11. The summed E-state index contributed by atoms with van der Waals surface area (Å²) >= 11 is 0. The Morgan fingerprint density at radius 1 is 0.967 bits per heavy atom. The van der Waals surface area contributed by atoms with Gasteiger partial charge in [-0.2, -0.15) is 0 Å². The molecule has 162 valence electrons. The lowest BCUT2D eigenvalue weighted by Crippen LogP contribution is -2.34. The van der Waals surface area contributed by atoms with Crippen molar-refractivity contribution in [2.24, 2.45) is 17.4 Å². The zero-order chi connectivity index (χ0) is 21.6. The Balaban J connectivity index is 1.53. The summed E-state index contributed by atoms with van der Waals surface area (Å²) in [5, 5.41) is 0. The van der Waals surface area contributed by atoms with Crippen LogP contribution in [0.1, 0.15) is 32.1 Å². The smallest absolute Gasteiger partial charge is 0.328 e. The van der Waals surface area contributed by atoms with Crippen LogP contribution in [-0.4, -0.2) is 32.7 Å². The Bertz CT molecular complexity index is 938. The van der Waals surface area contributed by atoms with Crippen LogP contribution in [0.5, 0.6) is 17.2 Å². The largest absolute Gasteiger partial charge is 0.457 e. The Hall–Kier alpha value is -2.42. The Labute approximate surface area is 177 Å². The summed E-state index contributed by atoms with van der Waals surface area (Å²) < 4.78 is 35.6. The predicted molar refractivity (Wildman–Crippen MR) is 114 cm³/mol. The van der Waals surface area contributed by atoms with Gasteiger partial charge in [-0.3, -0.25) is 0 Å². The van der Waals surface area contributed by atoms with Crippen molar-refractivity contribution < 1.29 is 22.7 Å². The number of benzene rings is 2. The van der Waals surface area contributed by atoms with Gasteiger partial charge < -0.3 is 20.9 Å². The monoisotopic (exact) mass is 432 g/mol. The van der Waals surface area contributed by atoms with Gasteiger partial charge in [-0.15, -0.1) is 0 Å². The molecule has 1 aliphatic rings. The molecule has 0 amide bonds. The van der Waals surface area contributed by atoms with Crippen LogP contribution in [0.2, 0.25) is 0 Å². The van der Waals surface area contributed by atoms with Crippen LogP contribution in [0.4, 0.5) is 0 Å².